The van der Waals surface area contributed by atoms with Gasteiger partial charge in [-0.2, -0.15) is 0 Å². The van der Waals surface area contributed by atoms with Crippen molar-refractivity contribution in [3.63, 3.8) is 0 Å². The number of imidazole rings is 1. The van der Waals surface area contributed by atoms with Gasteiger partial charge < -0.3 is 15.0 Å². The molecule has 1 aliphatic rings. The number of rotatable bonds is 3. The van der Waals surface area contributed by atoms with Gasteiger partial charge in [0.25, 0.3) is 5.91 Å². The number of aromatic nitrogens is 2. The second-order valence-corrected chi connectivity index (χ2v) is 5.31. The van der Waals surface area contributed by atoms with E-state index in [2.05, 4.69) is 15.3 Å². The molecule has 0 atom stereocenters. The highest BCUT2D eigenvalue weighted by molar-refractivity contribution is 6.34. The van der Waals surface area contributed by atoms with Gasteiger partial charge in [0.2, 0.25) is 0 Å². The second kappa shape index (κ2) is 5.09. The van der Waals surface area contributed by atoms with Crippen LogP contribution in [0, 0.1) is 6.92 Å². The molecule has 2 aromatic rings. The number of nitrogens with one attached hydrogen (secondary N) is 2. The lowest BCUT2D eigenvalue weighted by Crippen LogP contribution is -2.05. The summed E-state index contributed by atoms with van der Waals surface area (Å²) in [5.41, 5.74) is 3.08. The van der Waals surface area contributed by atoms with E-state index in [1.807, 2.05) is 39.0 Å². The molecule has 1 amide bonds. The Morgan fingerprint density at radius 2 is 2.14 bits per heavy atom. The van der Waals surface area contributed by atoms with Gasteiger partial charge in [0.05, 0.1) is 23.6 Å². The Labute approximate surface area is 123 Å². The Morgan fingerprint density at radius 3 is 2.81 bits per heavy atom. The SMILES string of the molecule is Cc1ncc(C=C2C(=O)Nc3ccc(OC(C)C)cc32)[nH]1. The van der Waals surface area contributed by atoms with Crippen molar-refractivity contribution in [2.75, 3.05) is 5.32 Å². The van der Waals surface area contributed by atoms with Gasteiger partial charge >= 0.3 is 0 Å². The summed E-state index contributed by atoms with van der Waals surface area (Å²) >= 11 is 0. The lowest BCUT2D eigenvalue weighted by molar-refractivity contribution is -0.110. The Balaban J connectivity index is 2.01. The van der Waals surface area contributed by atoms with Gasteiger partial charge in [-0.3, -0.25) is 4.79 Å². The monoisotopic (exact) mass is 283 g/mol. The van der Waals surface area contributed by atoms with Crippen LogP contribution in [0.2, 0.25) is 0 Å². The molecule has 1 aromatic heterocycles. The largest absolute Gasteiger partial charge is 0.491 e. The number of aryl methyl sites for hydroxylation is 1. The molecule has 21 heavy (non-hydrogen) atoms. The summed E-state index contributed by atoms with van der Waals surface area (Å²) in [7, 11) is 0. The van der Waals surface area contributed by atoms with Gasteiger partial charge in [-0.15, -0.1) is 0 Å². The molecule has 5 nitrogen and oxygen atoms in total. The van der Waals surface area contributed by atoms with E-state index in [1.54, 1.807) is 12.3 Å². The first-order chi connectivity index (χ1) is 10.0. The number of fused-ring (bicyclic) bond motifs is 1. The Bertz CT molecular complexity index is 729. The van der Waals surface area contributed by atoms with Crippen LogP contribution in [-0.4, -0.2) is 22.0 Å². The van der Waals surface area contributed by atoms with Crippen LogP contribution in [-0.2, 0) is 4.79 Å². The first kappa shape index (κ1) is 13.4. The van der Waals surface area contributed by atoms with Crippen LogP contribution in [0.3, 0.4) is 0 Å². The molecular weight excluding hydrogens is 266 g/mol. The first-order valence-corrected chi connectivity index (χ1v) is 6.88. The molecule has 0 saturated heterocycles. The molecule has 5 heteroatoms. The van der Waals surface area contributed by atoms with Gasteiger partial charge in [0.1, 0.15) is 11.6 Å². The minimum absolute atomic E-state index is 0.0933. The van der Waals surface area contributed by atoms with E-state index >= 15 is 0 Å². The van der Waals surface area contributed by atoms with Crippen LogP contribution in [0.5, 0.6) is 5.75 Å². The Kier molecular flexibility index (Phi) is 3.25. The summed E-state index contributed by atoms with van der Waals surface area (Å²) in [6, 6.07) is 5.62. The molecule has 0 spiro atoms. The zero-order valence-electron chi connectivity index (χ0n) is 12.2. The second-order valence-electron chi connectivity index (χ2n) is 5.31. The molecule has 0 bridgehead atoms. The molecule has 3 rings (SSSR count). The minimum atomic E-state index is -0.112. The summed E-state index contributed by atoms with van der Waals surface area (Å²) in [6.45, 7) is 5.82. The number of aromatic amines is 1. The molecule has 108 valence electrons. The van der Waals surface area contributed by atoms with E-state index in [9.17, 15) is 4.79 Å². The van der Waals surface area contributed by atoms with E-state index in [1.165, 1.54) is 0 Å². The van der Waals surface area contributed by atoms with Gasteiger partial charge in [0.15, 0.2) is 0 Å². The summed E-state index contributed by atoms with van der Waals surface area (Å²) in [4.78, 5) is 19.4. The molecule has 0 radical (unpaired) electrons. The van der Waals surface area contributed by atoms with Crippen molar-refractivity contribution in [3.8, 4) is 5.75 Å². The standard InChI is InChI=1S/C16H17N3O2/c1-9(2)21-12-4-5-15-13(7-12)14(16(20)19-15)6-11-8-17-10(3)18-11/h4-9H,1-3H3,(H,17,18)(H,19,20). The number of carbonyl (C=O) groups is 1. The van der Waals surface area contributed by atoms with Crippen molar-refractivity contribution in [3.05, 3.63) is 41.5 Å². The number of carbonyl (C=O) groups excluding carboxylic acids is 1. The molecule has 0 fully saturated rings. The highest BCUT2D eigenvalue weighted by Crippen LogP contribution is 2.35. The maximum Gasteiger partial charge on any atom is 0.256 e. The fraction of sp³-hybridized carbons (Fsp3) is 0.250. The highest BCUT2D eigenvalue weighted by Gasteiger charge is 2.24. The van der Waals surface area contributed by atoms with Crippen LogP contribution >= 0.6 is 0 Å². The third-order valence-corrected chi connectivity index (χ3v) is 3.17. The summed E-state index contributed by atoms with van der Waals surface area (Å²) in [5, 5.41) is 2.86. The van der Waals surface area contributed by atoms with E-state index in [0.717, 1.165) is 28.5 Å². The van der Waals surface area contributed by atoms with Gasteiger partial charge in [0, 0.05) is 11.3 Å². The topological polar surface area (TPSA) is 67.0 Å². The van der Waals surface area contributed by atoms with Crippen LogP contribution in [0.4, 0.5) is 5.69 Å². The Morgan fingerprint density at radius 1 is 1.33 bits per heavy atom. The number of amides is 1. The number of ether oxygens (including phenoxy) is 1. The third-order valence-electron chi connectivity index (χ3n) is 3.17. The molecule has 0 saturated carbocycles. The molecule has 0 unspecified atom stereocenters. The van der Waals surface area contributed by atoms with Gasteiger partial charge in [-0.05, 0) is 45.0 Å². The van der Waals surface area contributed by atoms with E-state index in [-0.39, 0.29) is 12.0 Å². The van der Waals surface area contributed by atoms with Crippen molar-refractivity contribution in [1.82, 2.24) is 9.97 Å². The number of nitrogens with zero attached hydrogens (tertiary/aromatic N) is 1. The lowest BCUT2D eigenvalue weighted by atomic mass is 10.1. The van der Waals surface area contributed by atoms with E-state index in [4.69, 9.17) is 4.74 Å². The molecular formula is C16H17N3O2. The van der Waals surface area contributed by atoms with Gasteiger partial charge in [-0.25, -0.2) is 4.98 Å². The average Bonchev–Trinajstić information content (AvgIpc) is 2.95. The number of hydrogen-bond donors (Lipinski definition) is 2. The number of H-pyrrole nitrogens is 1. The summed E-state index contributed by atoms with van der Waals surface area (Å²) in [6.07, 6.45) is 3.61. The number of benzene rings is 1. The van der Waals surface area contributed by atoms with E-state index in [0.29, 0.717) is 5.57 Å². The van der Waals surface area contributed by atoms with Gasteiger partial charge in [-0.1, -0.05) is 0 Å². The van der Waals surface area contributed by atoms with Crippen LogP contribution in [0.25, 0.3) is 11.6 Å². The molecule has 2 N–H and O–H groups in total. The number of hydrogen-bond acceptors (Lipinski definition) is 3. The lowest BCUT2D eigenvalue weighted by Gasteiger charge is -2.10. The van der Waals surface area contributed by atoms with Crippen LogP contribution in [0.15, 0.2) is 24.4 Å². The maximum atomic E-state index is 12.1. The molecule has 1 aromatic carbocycles. The number of anilines is 1. The zero-order valence-corrected chi connectivity index (χ0v) is 12.2. The Hall–Kier alpha value is -2.56. The van der Waals surface area contributed by atoms with Crippen molar-refractivity contribution in [1.29, 1.82) is 0 Å². The molecule has 0 aliphatic carbocycles. The van der Waals surface area contributed by atoms with Crippen molar-refractivity contribution in [2.24, 2.45) is 0 Å². The summed E-state index contributed by atoms with van der Waals surface area (Å²) < 4.78 is 5.69. The smallest absolute Gasteiger partial charge is 0.256 e. The van der Waals surface area contributed by atoms with Crippen LogP contribution < -0.4 is 10.1 Å². The molecule has 2 heterocycles. The third kappa shape index (κ3) is 2.67. The molecule has 1 aliphatic heterocycles. The maximum absolute atomic E-state index is 12.1. The fourth-order valence-electron chi connectivity index (χ4n) is 2.32. The van der Waals surface area contributed by atoms with Crippen molar-refractivity contribution >= 4 is 23.2 Å². The first-order valence-electron chi connectivity index (χ1n) is 6.88. The highest BCUT2D eigenvalue weighted by atomic mass is 16.5. The van der Waals surface area contributed by atoms with E-state index < -0.39 is 0 Å². The predicted octanol–water partition coefficient (Wildman–Crippen LogP) is 3.00. The average molecular weight is 283 g/mol. The predicted molar refractivity (Wildman–Crippen MR) is 82.0 cm³/mol. The zero-order chi connectivity index (χ0) is 15.0. The summed E-state index contributed by atoms with van der Waals surface area (Å²) in [5.74, 6) is 1.46. The van der Waals surface area contributed by atoms with Crippen molar-refractivity contribution in [2.45, 2.75) is 26.9 Å². The van der Waals surface area contributed by atoms with Crippen molar-refractivity contribution < 1.29 is 9.53 Å². The normalized spacial score (nSPS) is 15.4. The fourth-order valence-corrected chi connectivity index (χ4v) is 2.32. The van der Waals surface area contributed by atoms with Crippen LogP contribution in [0.1, 0.15) is 30.9 Å². The quantitative estimate of drug-likeness (QED) is 0.851. The minimum Gasteiger partial charge on any atom is -0.491 e.